The summed E-state index contributed by atoms with van der Waals surface area (Å²) < 4.78 is 10.4. The smallest absolute Gasteiger partial charge is 0.167 e. The highest BCUT2D eigenvalue weighted by Gasteiger charge is 2.39. The minimum absolute atomic E-state index is 0.177. The fourth-order valence-corrected chi connectivity index (χ4v) is 2.28. The van der Waals surface area contributed by atoms with E-state index >= 15 is 0 Å². The number of rotatable bonds is 4. The fourth-order valence-electron chi connectivity index (χ4n) is 2.28. The van der Waals surface area contributed by atoms with Crippen molar-refractivity contribution in [3.05, 3.63) is 23.7 Å². The normalized spacial score (nSPS) is 38.9. The third-order valence-corrected chi connectivity index (χ3v) is 3.61. The van der Waals surface area contributed by atoms with Crippen LogP contribution in [0, 0.1) is 0 Å². The lowest BCUT2D eigenvalue weighted by molar-refractivity contribution is -0.119. The van der Waals surface area contributed by atoms with Gasteiger partial charge in [0.05, 0.1) is 13.2 Å². The maximum atomic E-state index is 10.2. The topological polar surface area (TPSA) is 160 Å². The summed E-state index contributed by atoms with van der Waals surface area (Å²) in [5.41, 5.74) is 0. The van der Waals surface area contributed by atoms with Gasteiger partial charge in [0, 0.05) is 0 Å². The van der Waals surface area contributed by atoms with Crippen LogP contribution in [0.25, 0.3) is 0 Å². The maximum absolute atomic E-state index is 10.2. The first-order chi connectivity index (χ1) is 10.4. The second kappa shape index (κ2) is 6.92. The lowest BCUT2D eigenvalue weighted by Crippen LogP contribution is -2.47. The third-order valence-electron chi connectivity index (χ3n) is 3.61. The molecule has 2 aliphatic rings. The zero-order valence-corrected chi connectivity index (χ0v) is 11.6. The molecule has 0 saturated heterocycles. The quantitative estimate of drug-likeness (QED) is 0.277. The number of aliphatic hydroxyl groups is 7. The predicted molar refractivity (Wildman–Crippen MR) is 70.1 cm³/mol. The molecule has 0 aromatic carbocycles. The van der Waals surface area contributed by atoms with Crippen LogP contribution in [0.15, 0.2) is 23.7 Å². The van der Waals surface area contributed by atoms with E-state index in [-0.39, 0.29) is 11.5 Å². The number of ether oxygens (including phenoxy) is 2. The van der Waals surface area contributed by atoms with Crippen molar-refractivity contribution in [2.45, 2.75) is 42.7 Å². The molecule has 9 heteroatoms. The largest absolute Gasteiger partial charge is 0.487 e. The Morgan fingerprint density at radius 3 is 1.50 bits per heavy atom. The van der Waals surface area contributed by atoms with Gasteiger partial charge in [0.15, 0.2) is 6.10 Å². The number of hydrogen-bond acceptors (Lipinski definition) is 9. The van der Waals surface area contributed by atoms with E-state index < -0.39 is 55.9 Å². The van der Waals surface area contributed by atoms with Gasteiger partial charge in [0.25, 0.3) is 0 Å². The van der Waals surface area contributed by atoms with Gasteiger partial charge < -0.3 is 45.2 Å². The van der Waals surface area contributed by atoms with E-state index in [4.69, 9.17) is 19.7 Å². The van der Waals surface area contributed by atoms with Crippen molar-refractivity contribution in [3.63, 3.8) is 0 Å². The average molecular weight is 320 g/mol. The predicted octanol–water partition coefficient (Wildman–Crippen LogP) is -3.66. The first kappa shape index (κ1) is 17.2. The second-order valence-corrected chi connectivity index (χ2v) is 5.18. The molecule has 0 spiro atoms. The number of aliphatic hydroxyl groups excluding tert-OH is 7. The first-order valence-corrected chi connectivity index (χ1v) is 6.77. The summed E-state index contributed by atoms with van der Waals surface area (Å²) in [6, 6.07) is 0. The highest BCUT2D eigenvalue weighted by molar-refractivity contribution is 5.22. The lowest BCUT2D eigenvalue weighted by Gasteiger charge is -2.36. The van der Waals surface area contributed by atoms with Crippen LogP contribution in [0.1, 0.15) is 0 Å². The average Bonchev–Trinajstić information content (AvgIpc) is 2.51. The van der Waals surface area contributed by atoms with Crippen molar-refractivity contribution < 1.29 is 45.2 Å². The Morgan fingerprint density at radius 1 is 0.818 bits per heavy atom. The molecule has 126 valence electrons. The molecule has 9 nitrogen and oxygen atoms in total. The monoisotopic (exact) mass is 320 g/mol. The minimum Gasteiger partial charge on any atom is -0.487 e. The maximum Gasteiger partial charge on any atom is 0.167 e. The van der Waals surface area contributed by atoms with Gasteiger partial charge in [-0.15, -0.1) is 0 Å². The van der Waals surface area contributed by atoms with Gasteiger partial charge in [-0.2, -0.15) is 0 Å². The van der Waals surface area contributed by atoms with Gasteiger partial charge in [-0.3, -0.25) is 0 Å². The summed E-state index contributed by atoms with van der Waals surface area (Å²) in [4.78, 5) is 0. The van der Waals surface area contributed by atoms with Crippen molar-refractivity contribution in [1.29, 1.82) is 0 Å². The van der Waals surface area contributed by atoms with Crippen LogP contribution in [-0.2, 0) is 9.47 Å². The molecular formula is C13H20O9. The highest BCUT2D eigenvalue weighted by Crippen LogP contribution is 2.28. The molecule has 0 bridgehead atoms. The van der Waals surface area contributed by atoms with E-state index in [0.717, 1.165) is 12.2 Å². The third kappa shape index (κ3) is 3.25. The molecule has 0 amide bonds. The zero-order chi connectivity index (χ0) is 16.4. The Kier molecular flexibility index (Phi) is 5.40. The molecule has 2 heterocycles. The Bertz CT molecular complexity index is 409. The van der Waals surface area contributed by atoms with E-state index in [0.29, 0.717) is 0 Å². The SMILES string of the molecule is OC[C@H]1OC(C(O)C2=C[C@@H](O)[C@@H](O)[C@@H](CO)O2)=C[C@@H](O)[C@H]1O. The standard InChI is InChI=1S/C13H20O9/c14-3-9-11(18)5(16)1-7(21-9)13(20)8-2-6(17)12(19)10(4-15)22-8/h1-2,5-6,9-20H,3-4H2/t5-,6-,9-,10-,11-,12-/m1/s1. The van der Waals surface area contributed by atoms with E-state index in [2.05, 4.69) is 0 Å². The Morgan fingerprint density at radius 2 is 1.18 bits per heavy atom. The molecule has 2 aliphatic heterocycles. The van der Waals surface area contributed by atoms with Crippen LogP contribution < -0.4 is 0 Å². The molecule has 0 saturated carbocycles. The summed E-state index contributed by atoms with van der Waals surface area (Å²) >= 11 is 0. The van der Waals surface area contributed by atoms with Crippen LogP contribution in [0.3, 0.4) is 0 Å². The summed E-state index contributed by atoms with van der Waals surface area (Å²) in [6.07, 6.45) is -7.09. The summed E-state index contributed by atoms with van der Waals surface area (Å²) in [5.74, 6) is -0.355. The van der Waals surface area contributed by atoms with E-state index in [1.807, 2.05) is 0 Å². The van der Waals surface area contributed by atoms with E-state index in [1.165, 1.54) is 0 Å². The molecule has 0 aromatic rings. The Balaban J connectivity index is 2.19. The molecule has 0 aromatic heterocycles. The summed E-state index contributed by atoms with van der Waals surface area (Å²) in [7, 11) is 0. The molecular weight excluding hydrogens is 300 g/mol. The minimum atomic E-state index is -1.53. The van der Waals surface area contributed by atoms with Crippen molar-refractivity contribution in [3.8, 4) is 0 Å². The Hall–Kier alpha value is -1.20. The molecule has 0 unspecified atom stereocenters. The summed E-state index contributed by atoms with van der Waals surface area (Å²) in [5, 5.41) is 66.9. The van der Waals surface area contributed by atoms with Crippen LogP contribution in [0.5, 0.6) is 0 Å². The Labute approximate surface area is 126 Å². The van der Waals surface area contributed by atoms with E-state index in [1.54, 1.807) is 0 Å². The lowest BCUT2D eigenvalue weighted by atomic mass is 9.99. The second-order valence-electron chi connectivity index (χ2n) is 5.18. The van der Waals surface area contributed by atoms with Crippen molar-refractivity contribution in [1.82, 2.24) is 0 Å². The van der Waals surface area contributed by atoms with Gasteiger partial charge in [0.1, 0.15) is 48.1 Å². The van der Waals surface area contributed by atoms with Gasteiger partial charge in [-0.05, 0) is 12.2 Å². The molecule has 2 rings (SSSR count). The molecule has 0 aliphatic carbocycles. The first-order valence-electron chi connectivity index (χ1n) is 6.77. The van der Waals surface area contributed by atoms with Gasteiger partial charge in [-0.1, -0.05) is 0 Å². The summed E-state index contributed by atoms with van der Waals surface area (Å²) in [6.45, 7) is -1.16. The highest BCUT2D eigenvalue weighted by atomic mass is 16.6. The fraction of sp³-hybridized carbons (Fsp3) is 0.692. The molecule has 0 fully saturated rings. The van der Waals surface area contributed by atoms with Gasteiger partial charge >= 0.3 is 0 Å². The zero-order valence-electron chi connectivity index (χ0n) is 11.6. The van der Waals surface area contributed by atoms with E-state index in [9.17, 15) is 25.5 Å². The van der Waals surface area contributed by atoms with Crippen LogP contribution in [-0.4, -0.2) is 91.7 Å². The molecule has 6 atom stereocenters. The number of hydrogen-bond donors (Lipinski definition) is 7. The van der Waals surface area contributed by atoms with Crippen LogP contribution in [0.2, 0.25) is 0 Å². The van der Waals surface area contributed by atoms with Crippen LogP contribution in [0.4, 0.5) is 0 Å². The molecule has 22 heavy (non-hydrogen) atoms. The van der Waals surface area contributed by atoms with Gasteiger partial charge in [-0.25, -0.2) is 0 Å². The van der Waals surface area contributed by atoms with Crippen molar-refractivity contribution >= 4 is 0 Å². The van der Waals surface area contributed by atoms with Crippen molar-refractivity contribution in [2.24, 2.45) is 0 Å². The molecule has 7 N–H and O–H groups in total. The van der Waals surface area contributed by atoms with Crippen molar-refractivity contribution in [2.75, 3.05) is 13.2 Å². The molecule has 0 radical (unpaired) electrons. The van der Waals surface area contributed by atoms with Crippen LogP contribution >= 0.6 is 0 Å². The van der Waals surface area contributed by atoms with Gasteiger partial charge in [0.2, 0.25) is 0 Å².